The summed E-state index contributed by atoms with van der Waals surface area (Å²) in [5.41, 5.74) is -5.65. The van der Waals surface area contributed by atoms with Gasteiger partial charge in [0.25, 0.3) is 0 Å². The highest BCUT2D eigenvalue weighted by molar-refractivity contribution is 5.89. The Balaban J connectivity index is 0. The zero-order valence-electron chi connectivity index (χ0n) is 17.9. The molecular weight excluding hydrogens is 472 g/mol. The third kappa shape index (κ3) is 14.7. The number of esters is 2. The average Bonchev–Trinajstić information content (AvgIpc) is 2.69. The van der Waals surface area contributed by atoms with Crippen molar-refractivity contribution >= 4 is 35.8 Å². The fourth-order valence-corrected chi connectivity index (χ4v) is 2.08. The summed E-state index contributed by atoms with van der Waals surface area (Å²) in [6.07, 6.45) is -4.42. The van der Waals surface area contributed by atoms with Gasteiger partial charge in [0.2, 0.25) is 0 Å². The van der Waals surface area contributed by atoms with Crippen molar-refractivity contribution in [3.05, 3.63) is 0 Å². The van der Waals surface area contributed by atoms with Crippen LogP contribution in [-0.2, 0) is 38.2 Å². The second-order valence-corrected chi connectivity index (χ2v) is 6.76. The van der Waals surface area contributed by atoms with Crippen LogP contribution >= 0.6 is 0 Å². The van der Waals surface area contributed by atoms with Gasteiger partial charge in [0, 0.05) is 0 Å². The third-order valence-corrected chi connectivity index (χ3v) is 3.72. The lowest BCUT2D eigenvalue weighted by molar-refractivity contribution is -0.172. The monoisotopic (exact) mass is 500 g/mol. The lowest BCUT2D eigenvalue weighted by Gasteiger charge is -2.20. The first-order valence-corrected chi connectivity index (χ1v) is 9.51. The van der Waals surface area contributed by atoms with Gasteiger partial charge < -0.3 is 50.3 Å². The number of unbranched alkanes of at least 4 members (excludes halogenated alkanes) is 1. The second kappa shape index (κ2) is 16.3. The Labute approximate surface area is 191 Å². The minimum atomic E-state index is -2.82. The normalized spacial score (nSPS) is 13.8. The predicted octanol–water partition coefficient (Wildman–Crippen LogP) is -2.81. The lowest BCUT2D eigenvalue weighted by atomic mass is 9.96. The number of aliphatic carboxylic acids is 4. The molecular formula is C18H28O16. The molecule has 0 saturated carbocycles. The molecule has 34 heavy (non-hydrogen) atoms. The first-order valence-electron chi connectivity index (χ1n) is 9.51. The van der Waals surface area contributed by atoms with Crippen LogP contribution in [0.5, 0.6) is 0 Å². The SMILES string of the molecule is O=C(O)CC(O)(CC(=O)OCCCCOC(=O)CC(O)(CC(=O)O)C(=O)O)C(=O)O.OCCO. The van der Waals surface area contributed by atoms with Crippen molar-refractivity contribution in [3.8, 4) is 0 Å². The molecule has 0 spiro atoms. The van der Waals surface area contributed by atoms with Gasteiger partial charge in [-0.3, -0.25) is 19.2 Å². The molecule has 2 atom stereocenters. The van der Waals surface area contributed by atoms with Gasteiger partial charge in [0.15, 0.2) is 11.2 Å². The van der Waals surface area contributed by atoms with Gasteiger partial charge in [0.1, 0.15) is 0 Å². The smallest absolute Gasteiger partial charge is 0.336 e. The molecule has 16 nitrogen and oxygen atoms in total. The molecule has 0 amide bonds. The number of aliphatic hydroxyl groups is 4. The molecule has 0 aromatic rings. The molecule has 0 aromatic carbocycles. The number of ether oxygens (including phenoxy) is 2. The summed E-state index contributed by atoms with van der Waals surface area (Å²) in [4.78, 5) is 66.0. The number of carbonyl (C=O) groups is 6. The van der Waals surface area contributed by atoms with E-state index in [9.17, 15) is 39.0 Å². The number of hydrogen-bond donors (Lipinski definition) is 8. The predicted molar refractivity (Wildman–Crippen MR) is 104 cm³/mol. The average molecular weight is 500 g/mol. The molecule has 2 unspecified atom stereocenters. The van der Waals surface area contributed by atoms with E-state index in [0.29, 0.717) is 0 Å². The number of carboxylic acid groups (broad SMARTS) is 4. The quantitative estimate of drug-likeness (QED) is 0.0783. The van der Waals surface area contributed by atoms with Gasteiger partial charge >= 0.3 is 35.8 Å². The molecule has 0 aliphatic rings. The van der Waals surface area contributed by atoms with Gasteiger partial charge in [0.05, 0.1) is 52.1 Å². The maximum Gasteiger partial charge on any atom is 0.336 e. The molecule has 196 valence electrons. The topological polar surface area (TPSA) is 283 Å². The van der Waals surface area contributed by atoms with E-state index in [0.717, 1.165) is 0 Å². The van der Waals surface area contributed by atoms with E-state index in [4.69, 9.17) is 30.6 Å². The van der Waals surface area contributed by atoms with Crippen LogP contribution in [0, 0.1) is 0 Å². The summed E-state index contributed by atoms with van der Waals surface area (Å²) in [5.74, 6) is -9.41. The Kier molecular flexibility index (Phi) is 15.7. The standard InChI is InChI=1S/C16H22O14.C2H6O2/c17-9(18)5-15(27,13(23)24)7-11(21)29-3-1-2-4-30-12(22)8-16(28,14(25)26)6-10(19)20;3-1-2-4/h27-28H,1-8H2,(H,17,18)(H,19,20)(H,23,24)(H,25,26);3-4H,1-2H2. The number of carbonyl (C=O) groups excluding carboxylic acids is 2. The van der Waals surface area contributed by atoms with Crippen molar-refractivity contribution in [2.24, 2.45) is 0 Å². The summed E-state index contributed by atoms with van der Waals surface area (Å²) in [6, 6.07) is 0. The number of hydrogen-bond acceptors (Lipinski definition) is 12. The van der Waals surface area contributed by atoms with Crippen molar-refractivity contribution in [2.45, 2.75) is 49.7 Å². The van der Waals surface area contributed by atoms with Crippen molar-refractivity contribution in [1.29, 1.82) is 0 Å². The molecule has 0 bridgehead atoms. The van der Waals surface area contributed by atoms with E-state index in [1.807, 2.05) is 0 Å². The van der Waals surface area contributed by atoms with Crippen LogP contribution in [0.25, 0.3) is 0 Å². The van der Waals surface area contributed by atoms with Gasteiger partial charge in [-0.1, -0.05) is 0 Å². The third-order valence-electron chi connectivity index (χ3n) is 3.72. The molecule has 0 aromatic heterocycles. The maximum absolute atomic E-state index is 11.5. The molecule has 0 saturated heterocycles. The Morgan fingerprint density at radius 3 is 1.06 bits per heavy atom. The van der Waals surface area contributed by atoms with E-state index in [1.54, 1.807) is 0 Å². The van der Waals surface area contributed by atoms with Crippen molar-refractivity contribution in [1.82, 2.24) is 0 Å². The fraction of sp³-hybridized carbons (Fsp3) is 0.667. The highest BCUT2D eigenvalue weighted by Gasteiger charge is 2.42. The van der Waals surface area contributed by atoms with E-state index in [-0.39, 0.29) is 39.3 Å². The minimum absolute atomic E-state index is 0.0990. The summed E-state index contributed by atoms with van der Waals surface area (Å²) >= 11 is 0. The van der Waals surface area contributed by atoms with Gasteiger partial charge in [-0.05, 0) is 12.8 Å². The molecule has 16 heteroatoms. The van der Waals surface area contributed by atoms with E-state index in [2.05, 4.69) is 9.47 Å². The Morgan fingerprint density at radius 1 is 0.559 bits per heavy atom. The first kappa shape index (κ1) is 32.8. The zero-order valence-corrected chi connectivity index (χ0v) is 17.9. The fourth-order valence-electron chi connectivity index (χ4n) is 2.08. The van der Waals surface area contributed by atoms with Crippen LogP contribution in [0.4, 0.5) is 0 Å². The molecule has 0 aliphatic heterocycles. The number of aliphatic hydroxyl groups excluding tert-OH is 2. The molecule has 0 rings (SSSR count). The maximum atomic E-state index is 11.5. The van der Waals surface area contributed by atoms with Crippen LogP contribution in [0.2, 0.25) is 0 Å². The number of rotatable bonds is 16. The van der Waals surface area contributed by atoms with Crippen molar-refractivity contribution < 1.29 is 79.1 Å². The molecule has 0 fully saturated rings. The summed E-state index contributed by atoms with van der Waals surface area (Å²) < 4.78 is 9.31. The van der Waals surface area contributed by atoms with Crippen LogP contribution in [0.1, 0.15) is 38.5 Å². The molecule has 0 aliphatic carbocycles. The first-order chi connectivity index (χ1) is 15.6. The van der Waals surface area contributed by atoms with Gasteiger partial charge in [-0.2, -0.15) is 0 Å². The highest BCUT2D eigenvalue weighted by Crippen LogP contribution is 2.18. The lowest BCUT2D eigenvalue weighted by Crippen LogP contribution is -2.43. The Hall–Kier alpha value is -3.34. The van der Waals surface area contributed by atoms with Crippen LogP contribution in [0.15, 0.2) is 0 Å². The van der Waals surface area contributed by atoms with E-state index < -0.39 is 72.7 Å². The largest absolute Gasteiger partial charge is 0.481 e. The Bertz CT molecular complexity index is 659. The molecule has 0 radical (unpaired) electrons. The van der Waals surface area contributed by atoms with Crippen molar-refractivity contribution in [3.63, 3.8) is 0 Å². The number of carboxylic acids is 4. The summed E-state index contributed by atoms with van der Waals surface area (Å²) in [7, 11) is 0. The van der Waals surface area contributed by atoms with Crippen LogP contribution in [-0.4, -0.2) is 114 Å². The summed E-state index contributed by atoms with van der Waals surface area (Å²) in [6.45, 7) is -0.811. The van der Waals surface area contributed by atoms with Crippen LogP contribution in [0.3, 0.4) is 0 Å². The van der Waals surface area contributed by atoms with Gasteiger partial charge in [-0.15, -0.1) is 0 Å². The Morgan fingerprint density at radius 2 is 0.853 bits per heavy atom. The van der Waals surface area contributed by atoms with Crippen LogP contribution < -0.4 is 0 Å². The molecule has 8 N–H and O–H groups in total. The van der Waals surface area contributed by atoms with E-state index in [1.165, 1.54) is 0 Å². The highest BCUT2D eigenvalue weighted by atomic mass is 16.5. The van der Waals surface area contributed by atoms with Crippen molar-refractivity contribution in [2.75, 3.05) is 26.4 Å². The zero-order chi connectivity index (χ0) is 26.9. The minimum Gasteiger partial charge on any atom is -0.481 e. The molecule has 0 heterocycles. The van der Waals surface area contributed by atoms with Gasteiger partial charge in [-0.25, -0.2) is 9.59 Å². The second-order valence-electron chi connectivity index (χ2n) is 6.76. The van der Waals surface area contributed by atoms with E-state index >= 15 is 0 Å². The summed E-state index contributed by atoms with van der Waals surface area (Å²) in [5, 5.41) is 69.4.